The van der Waals surface area contributed by atoms with E-state index < -0.39 is 0 Å². The van der Waals surface area contributed by atoms with E-state index in [2.05, 4.69) is 60.1 Å². The molecule has 4 unspecified atom stereocenters. The predicted octanol–water partition coefficient (Wildman–Crippen LogP) is 5.37. The Morgan fingerprint density at radius 2 is 0.917 bits per heavy atom. The van der Waals surface area contributed by atoms with Gasteiger partial charge in [0.2, 0.25) is 0 Å². The molecule has 4 fully saturated rings. The van der Waals surface area contributed by atoms with E-state index in [9.17, 15) is 0 Å². The molecule has 2 heterocycles. The van der Waals surface area contributed by atoms with Gasteiger partial charge in [-0.05, 0) is 37.5 Å². The van der Waals surface area contributed by atoms with Gasteiger partial charge in [-0.1, -0.05) is 61.1 Å². The molecular weight excluding hydrogens is 448 g/mol. The summed E-state index contributed by atoms with van der Waals surface area (Å²) in [6.45, 7) is 2.73. The Hall–Kier alpha value is -2.08. The maximum Gasteiger partial charge on any atom is 0.168 e. The fourth-order valence-electron chi connectivity index (χ4n) is 7.93. The van der Waals surface area contributed by atoms with Crippen molar-refractivity contribution in [1.82, 2.24) is 0 Å². The first-order valence-electron chi connectivity index (χ1n) is 14.0. The van der Waals surface area contributed by atoms with Crippen LogP contribution in [0.15, 0.2) is 47.6 Å². The van der Waals surface area contributed by atoms with Crippen LogP contribution >= 0.6 is 0 Å². The zero-order chi connectivity index (χ0) is 24.0. The third-order valence-electron chi connectivity index (χ3n) is 10.7. The fraction of sp³-hybridized carbons (Fsp3) is 0.625. The summed E-state index contributed by atoms with van der Waals surface area (Å²) in [6, 6.07) is 0. The molecule has 4 nitrogen and oxygen atoms in total. The van der Waals surface area contributed by atoms with E-state index in [1.165, 1.54) is 38.5 Å². The summed E-state index contributed by atoms with van der Waals surface area (Å²) in [4.78, 5) is 0. The van der Waals surface area contributed by atoms with E-state index in [-0.39, 0.29) is 33.2 Å². The SMILES string of the molecule is C(C#CC1=CC23C=CC12COC1(CCCCC1)OC3)#CC1=CC23C=CC12COC1(CCCCC1)OC3. The van der Waals surface area contributed by atoms with E-state index in [1.54, 1.807) is 0 Å². The van der Waals surface area contributed by atoms with Crippen LogP contribution in [0, 0.1) is 45.3 Å². The number of rotatable bonds is 0. The van der Waals surface area contributed by atoms with E-state index in [4.69, 9.17) is 18.9 Å². The topological polar surface area (TPSA) is 36.9 Å². The molecule has 8 aliphatic rings. The fourth-order valence-corrected chi connectivity index (χ4v) is 7.93. The molecule has 0 bridgehead atoms. The molecular formula is C32H34O4. The summed E-state index contributed by atoms with van der Waals surface area (Å²) < 4.78 is 25.8. The smallest absolute Gasteiger partial charge is 0.168 e. The van der Waals surface area contributed by atoms with Crippen LogP contribution in [0.5, 0.6) is 0 Å². The van der Waals surface area contributed by atoms with E-state index in [1.807, 2.05) is 0 Å². The Bertz CT molecular complexity index is 1150. The zero-order valence-corrected chi connectivity index (χ0v) is 21.0. The lowest BCUT2D eigenvalue weighted by Crippen LogP contribution is -2.56. The molecule has 2 spiro atoms. The van der Waals surface area contributed by atoms with Crippen molar-refractivity contribution in [3.63, 3.8) is 0 Å². The summed E-state index contributed by atoms with van der Waals surface area (Å²) in [5.41, 5.74) is 1.96. The third kappa shape index (κ3) is 2.67. The van der Waals surface area contributed by atoms with Gasteiger partial charge >= 0.3 is 0 Å². The normalized spacial score (nSPS) is 43.8. The zero-order valence-electron chi connectivity index (χ0n) is 21.0. The van der Waals surface area contributed by atoms with E-state index >= 15 is 0 Å². The van der Waals surface area contributed by atoms with Crippen LogP contribution in [-0.4, -0.2) is 38.0 Å². The van der Waals surface area contributed by atoms with Crippen LogP contribution in [0.1, 0.15) is 64.2 Å². The van der Waals surface area contributed by atoms with E-state index in [0.717, 1.165) is 36.8 Å². The molecule has 0 aromatic rings. The van der Waals surface area contributed by atoms with Crippen LogP contribution in [-0.2, 0) is 18.9 Å². The molecule has 6 aliphatic carbocycles. The standard InChI is InChI=1S/C32H34O4/c1-5-11-31(12-6-1)33-21-27-15-17-29(27,23-35-31)25(19-27)9-3-4-10-26-20-28-16-18-30(26,28)24-36-32(34-22-28)13-7-2-8-14-32/h15-20H,1-2,5-8,11-14,21-24H2. The van der Waals surface area contributed by atoms with Crippen molar-refractivity contribution in [2.45, 2.75) is 75.8 Å². The van der Waals surface area contributed by atoms with Crippen molar-refractivity contribution < 1.29 is 18.9 Å². The molecule has 4 heteroatoms. The first-order valence-corrected chi connectivity index (χ1v) is 14.0. The van der Waals surface area contributed by atoms with Crippen LogP contribution in [0.3, 0.4) is 0 Å². The van der Waals surface area contributed by atoms with Crippen molar-refractivity contribution in [2.24, 2.45) is 21.7 Å². The molecule has 0 aromatic carbocycles. The van der Waals surface area contributed by atoms with Gasteiger partial charge in [-0.3, -0.25) is 0 Å². The van der Waals surface area contributed by atoms with Gasteiger partial charge < -0.3 is 18.9 Å². The molecule has 186 valence electrons. The van der Waals surface area contributed by atoms with Crippen molar-refractivity contribution in [1.29, 1.82) is 0 Å². The number of hydrogen-bond acceptors (Lipinski definition) is 4. The lowest BCUT2D eigenvalue weighted by Gasteiger charge is -2.58. The van der Waals surface area contributed by atoms with Gasteiger partial charge in [0.1, 0.15) is 0 Å². The van der Waals surface area contributed by atoms with Crippen LogP contribution in [0.4, 0.5) is 0 Å². The molecule has 2 saturated heterocycles. The van der Waals surface area contributed by atoms with Crippen molar-refractivity contribution in [3.8, 4) is 23.7 Å². The number of hydrogen-bond donors (Lipinski definition) is 0. The lowest BCUT2D eigenvalue weighted by molar-refractivity contribution is -0.244. The monoisotopic (exact) mass is 482 g/mol. The Labute approximate surface area is 214 Å². The largest absolute Gasteiger partial charge is 0.349 e. The van der Waals surface area contributed by atoms with Crippen molar-refractivity contribution in [2.75, 3.05) is 26.4 Å². The highest BCUT2D eigenvalue weighted by molar-refractivity contribution is 5.63. The Morgan fingerprint density at radius 3 is 1.31 bits per heavy atom. The summed E-state index contributed by atoms with van der Waals surface area (Å²) in [7, 11) is 0. The highest BCUT2D eigenvalue weighted by Gasteiger charge is 2.66. The van der Waals surface area contributed by atoms with E-state index in [0.29, 0.717) is 26.4 Å². The van der Waals surface area contributed by atoms with Gasteiger partial charge in [-0.25, -0.2) is 0 Å². The Morgan fingerprint density at radius 1 is 0.500 bits per heavy atom. The average molecular weight is 483 g/mol. The van der Waals surface area contributed by atoms with Crippen LogP contribution in [0.25, 0.3) is 0 Å². The maximum absolute atomic E-state index is 6.48. The highest BCUT2D eigenvalue weighted by Crippen LogP contribution is 2.67. The van der Waals surface area contributed by atoms with Crippen LogP contribution in [0.2, 0.25) is 0 Å². The molecule has 4 atom stereocenters. The van der Waals surface area contributed by atoms with Gasteiger partial charge in [0.25, 0.3) is 0 Å². The summed E-state index contributed by atoms with van der Waals surface area (Å²) in [6.07, 6.45) is 25.0. The van der Waals surface area contributed by atoms with Crippen molar-refractivity contribution in [3.05, 3.63) is 47.6 Å². The quantitative estimate of drug-likeness (QED) is 0.344. The molecule has 36 heavy (non-hydrogen) atoms. The average Bonchev–Trinajstić information content (AvgIpc) is 2.97. The second-order valence-electron chi connectivity index (χ2n) is 12.4. The first-order chi connectivity index (χ1) is 17.6. The molecule has 2 aliphatic heterocycles. The summed E-state index contributed by atoms with van der Waals surface area (Å²) in [5.74, 6) is 12.3. The third-order valence-corrected chi connectivity index (χ3v) is 10.7. The molecule has 8 rings (SSSR count). The van der Waals surface area contributed by atoms with Crippen molar-refractivity contribution >= 4 is 0 Å². The van der Waals surface area contributed by atoms with Gasteiger partial charge in [-0.2, -0.15) is 0 Å². The minimum absolute atomic E-state index is 0.0378. The minimum atomic E-state index is -0.382. The van der Waals surface area contributed by atoms with Gasteiger partial charge in [-0.15, -0.1) is 0 Å². The summed E-state index contributed by atoms with van der Waals surface area (Å²) in [5, 5.41) is 0. The van der Waals surface area contributed by atoms with Gasteiger partial charge in [0.05, 0.1) is 37.3 Å². The molecule has 2 saturated carbocycles. The van der Waals surface area contributed by atoms with Gasteiger partial charge in [0, 0.05) is 47.7 Å². The second-order valence-corrected chi connectivity index (χ2v) is 12.4. The highest BCUT2D eigenvalue weighted by atomic mass is 16.7. The number of ether oxygens (including phenoxy) is 4. The Balaban J connectivity index is 0.980. The second kappa shape index (κ2) is 7.27. The molecule has 0 aromatic heterocycles. The predicted molar refractivity (Wildman–Crippen MR) is 135 cm³/mol. The molecule has 0 amide bonds. The van der Waals surface area contributed by atoms with Gasteiger partial charge in [0.15, 0.2) is 11.6 Å². The van der Waals surface area contributed by atoms with Crippen LogP contribution < -0.4 is 0 Å². The summed E-state index contributed by atoms with van der Waals surface area (Å²) >= 11 is 0. The first kappa shape index (κ1) is 22.0. The Kier molecular flexibility index (Phi) is 4.43. The maximum atomic E-state index is 6.48. The minimum Gasteiger partial charge on any atom is -0.349 e. The lowest BCUT2D eigenvalue weighted by atomic mass is 9.45. The molecule has 0 radical (unpaired) electrons. The molecule has 0 N–H and O–H groups in total.